The standard InChI is InChI=1S/C16H23N3O3/c1-3-18-6-8-19(9-7-18)12(2)16(20)17-13-4-5-14-15(10-13)22-11-21-14/h4-5,10,12H,3,6-9,11H2,1-2H3,(H,17,20). The number of nitrogens with one attached hydrogen (secondary N) is 1. The number of benzene rings is 1. The van der Waals surface area contributed by atoms with Gasteiger partial charge in [0.1, 0.15) is 0 Å². The molecule has 1 unspecified atom stereocenters. The third-order valence-electron chi connectivity index (χ3n) is 4.42. The Hall–Kier alpha value is -1.79. The molecule has 120 valence electrons. The first-order valence-electron chi connectivity index (χ1n) is 7.84. The molecule has 0 bridgehead atoms. The molecule has 1 N–H and O–H groups in total. The summed E-state index contributed by atoms with van der Waals surface area (Å²) in [5, 5.41) is 2.96. The van der Waals surface area contributed by atoms with Crippen molar-refractivity contribution >= 4 is 11.6 Å². The Labute approximate surface area is 131 Å². The highest BCUT2D eigenvalue weighted by molar-refractivity contribution is 5.94. The largest absolute Gasteiger partial charge is 0.454 e. The molecule has 2 heterocycles. The van der Waals surface area contributed by atoms with Crippen LogP contribution in [0.3, 0.4) is 0 Å². The molecule has 2 aliphatic heterocycles. The number of rotatable bonds is 4. The average molecular weight is 305 g/mol. The van der Waals surface area contributed by atoms with Gasteiger partial charge in [0.25, 0.3) is 0 Å². The summed E-state index contributed by atoms with van der Waals surface area (Å²) in [6.45, 7) is 9.37. The number of ether oxygens (including phenoxy) is 2. The van der Waals surface area contributed by atoms with E-state index in [9.17, 15) is 4.79 Å². The van der Waals surface area contributed by atoms with Crippen molar-refractivity contribution in [2.75, 3.05) is 44.8 Å². The van der Waals surface area contributed by atoms with E-state index in [0.717, 1.165) is 44.2 Å². The quantitative estimate of drug-likeness (QED) is 0.911. The Morgan fingerprint density at radius 3 is 2.68 bits per heavy atom. The first-order valence-corrected chi connectivity index (χ1v) is 7.84. The maximum absolute atomic E-state index is 12.4. The SMILES string of the molecule is CCN1CCN(C(C)C(=O)Nc2ccc3c(c2)OCO3)CC1. The monoisotopic (exact) mass is 305 g/mol. The molecule has 0 radical (unpaired) electrons. The van der Waals surface area contributed by atoms with Crippen LogP contribution in [0.4, 0.5) is 5.69 Å². The van der Waals surface area contributed by atoms with Crippen LogP contribution in [0.15, 0.2) is 18.2 Å². The van der Waals surface area contributed by atoms with E-state index in [0.29, 0.717) is 5.75 Å². The first-order chi connectivity index (χ1) is 10.7. The molecule has 6 heteroatoms. The summed E-state index contributed by atoms with van der Waals surface area (Å²) >= 11 is 0. The topological polar surface area (TPSA) is 54.0 Å². The maximum Gasteiger partial charge on any atom is 0.241 e. The van der Waals surface area contributed by atoms with Gasteiger partial charge >= 0.3 is 0 Å². The van der Waals surface area contributed by atoms with Gasteiger partial charge in [-0.15, -0.1) is 0 Å². The Morgan fingerprint density at radius 2 is 1.95 bits per heavy atom. The number of nitrogens with zero attached hydrogens (tertiary/aromatic N) is 2. The minimum atomic E-state index is -0.135. The van der Waals surface area contributed by atoms with Crippen LogP contribution < -0.4 is 14.8 Å². The van der Waals surface area contributed by atoms with Crippen LogP contribution in [0, 0.1) is 0 Å². The zero-order chi connectivity index (χ0) is 15.5. The van der Waals surface area contributed by atoms with Crippen LogP contribution in [-0.2, 0) is 4.79 Å². The summed E-state index contributed by atoms with van der Waals surface area (Å²) in [4.78, 5) is 17.1. The zero-order valence-corrected chi connectivity index (χ0v) is 13.2. The number of likely N-dealkylation sites (N-methyl/N-ethyl adjacent to an activating group) is 1. The van der Waals surface area contributed by atoms with E-state index in [2.05, 4.69) is 22.0 Å². The van der Waals surface area contributed by atoms with Crippen LogP contribution in [0.1, 0.15) is 13.8 Å². The van der Waals surface area contributed by atoms with Gasteiger partial charge in [0.05, 0.1) is 6.04 Å². The second kappa shape index (κ2) is 6.54. The summed E-state index contributed by atoms with van der Waals surface area (Å²) < 4.78 is 10.6. The first kappa shape index (κ1) is 15.1. The van der Waals surface area contributed by atoms with E-state index < -0.39 is 0 Å². The molecule has 1 aromatic carbocycles. The lowest BCUT2D eigenvalue weighted by molar-refractivity contribution is -0.121. The van der Waals surface area contributed by atoms with Crippen molar-refractivity contribution in [2.45, 2.75) is 19.9 Å². The normalized spacial score (nSPS) is 19.9. The van der Waals surface area contributed by atoms with E-state index in [-0.39, 0.29) is 18.7 Å². The Morgan fingerprint density at radius 1 is 1.23 bits per heavy atom. The second-order valence-electron chi connectivity index (χ2n) is 5.70. The van der Waals surface area contributed by atoms with E-state index in [1.807, 2.05) is 25.1 Å². The highest BCUT2D eigenvalue weighted by Gasteiger charge is 2.25. The number of hydrogen-bond donors (Lipinski definition) is 1. The Balaban J connectivity index is 1.57. The lowest BCUT2D eigenvalue weighted by atomic mass is 10.2. The van der Waals surface area contributed by atoms with Crippen molar-refractivity contribution in [3.63, 3.8) is 0 Å². The molecule has 1 amide bonds. The molecule has 0 aromatic heterocycles. The lowest BCUT2D eigenvalue weighted by Gasteiger charge is -2.36. The highest BCUT2D eigenvalue weighted by Crippen LogP contribution is 2.34. The number of amides is 1. The summed E-state index contributed by atoms with van der Waals surface area (Å²) in [5.41, 5.74) is 0.744. The predicted molar refractivity (Wildman–Crippen MR) is 84.3 cm³/mol. The number of carbonyl (C=O) groups is 1. The summed E-state index contributed by atoms with van der Waals surface area (Å²) in [5.74, 6) is 1.42. The third-order valence-corrected chi connectivity index (χ3v) is 4.42. The fraction of sp³-hybridized carbons (Fsp3) is 0.562. The van der Waals surface area contributed by atoms with Gasteiger partial charge in [0.15, 0.2) is 11.5 Å². The molecule has 0 saturated carbocycles. The van der Waals surface area contributed by atoms with E-state index >= 15 is 0 Å². The van der Waals surface area contributed by atoms with Crippen LogP contribution in [0.25, 0.3) is 0 Å². The molecule has 1 saturated heterocycles. The number of anilines is 1. The summed E-state index contributed by atoms with van der Waals surface area (Å²) in [7, 11) is 0. The van der Waals surface area contributed by atoms with Gasteiger partial charge in [-0.3, -0.25) is 9.69 Å². The molecule has 1 aromatic rings. The van der Waals surface area contributed by atoms with Crippen LogP contribution in [0.2, 0.25) is 0 Å². The van der Waals surface area contributed by atoms with Crippen molar-refractivity contribution < 1.29 is 14.3 Å². The maximum atomic E-state index is 12.4. The smallest absolute Gasteiger partial charge is 0.241 e. The van der Waals surface area contributed by atoms with Gasteiger partial charge in [-0.25, -0.2) is 0 Å². The molecular formula is C16H23N3O3. The van der Waals surface area contributed by atoms with E-state index in [1.165, 1.54) is 0 Å². The van der Waals surface area contributed by atoms with Gasteiger partial charge in [-0.2, -0.15) is 0 Å². The lowest BCUT2D eigenvalue weighted by Crippen LogP contribution is -2.52. The van der Waals surface area contributed by atoms with Gasteiger partial charge < -0.3 is 19.7 Å². The summed E-state index contributed by atoms with van der Waals surface area (Å²) in [6, 6.07) is 5.34. The van der Waals surface area contributed by atoms with Crippen molar-refractivity contribution in [2.24, 2.45) is 0 Å². The van der Waals surface area contributed by atoms with Gasteiger partial charge in [0.2, 0.25) is 12.7 Å². The Kier molecular flexibility index (Phi) is 4.49. The van der Waals surface area contributed by atoms with Gasteiger partial charge in [0, 0.05) is 37.9 Å². The molecule has 6 nitrogen and oxygen atoms in total. The van der Waals surface area contributed by atoms with Crippen LogP contribution in [-0.4, -0.2) is 61.3 Å². The fourth-order valence-electron chi connectivity index (χ4n) is 2.85. The zero-order valence-electron chi connectivity index (χ0n) is 13.2. The van der Waals surface area contributed by atoms with Crippen molar-refractivity contribution in [3.8, 4) is 11.5 Å². The second-order valence-corrected chi connectivity index (χ2v) is 5.70. The van der Waals surface area contributed by atoms with Crippen molar-refractivity contribution in [3.05, 3.63) is 18.2 Å². The molecular weight excluding hydrogens is 282 g/mol. The fourth-order valence-corrected chi connectivity index (χ4v) is 2.85. The predicted octanol–water partition coefficient (Wildman–Crippen LogP) is 1.38. The molecule has 22 heavy (non-hydrogen) atoms. The molecule has 0 aliphatic carbocycles. The Bertz CT molecular complexity index is 541. The number of piperazine rings is 1. The molecule has 1 fully saturated rings. The highest BCUT2D eigenvalue weighted by atomic mass is 16.7. The van der Waals surface area contributed by atoms with Gasteiger partial charge in [-0.1, -0.05) is 6.92 Å². The molecule has 3 rings (SSSR count). The van der Waals surface area contributed by atoms with Crippen LogP contribution >= 0.6 is 0 Å². The van der Waals surface area contributed by atoms with Crippen molar-refractivity contribution in [1.82, 2.24) is 9.80 Å². The minimum Gasteiger partial charge on any atom is -0.454 e. The van der Waals surface area contributed by atoms with Crippen molar-refractivity contribution in [1.29, 1.82) is 0 Å². The van der Waals surface area contributed by atoms with E-state index in [1.54, 1.807) is 0 Å². The van der Waals surface area contributed by atoms with Crippen LogP contribution in [0.5, 0.6) is 11.5 Å². The minimum absolute atomic E-state index is 0.0174. The summed E-state index contributed by atoms with van der Waals surface area (Å²) in [6.07, 6.45) is 0. The third kappa shape index (κ3) is 3.18. The number of fused-ring (bicyclic) bond motifs is 1. The number of hydrogen-bond acceptors (Lipinski definition) is 5. The molecule has 1 atom stereocenters. The van der Waals surface area contributed by atoms with Gasteiger partial charge in [-0.05, 0) is 25.6 Å². The molecule has 2 aliphatic rings. The number of carbonyl (C=O) groups excluding carboxylic acids is 1. The average Bonchev–Trinajstić information content (AvgIpc) is 3.02. The molecule has 0 spiro atoms. The van der Waals surface area contributed by atoms with E-state index in [4.69, 9.17) is 9.47 Å².